The second kappa shape index (κ2) is 7.43. The highest BCUT2D eigenvalue weighted by Gasteiger charge is 2.57. The van der Waals surface area contributed by atoms with E-state index in [-0.39, 0.29) is 30.1 Å². The summed E-state index contributed by atoms with van der Waals surface area (Å²) in [5.41, 5.74) is 0.953. The smallest absolute Gasteiger partial charge is 0.235 e. The number of carbonyl (C=O) groups is 2. The van der Waals surface area contributed by atoms with Crippen molar-refractivity contribution in [1.82, 2.24) is 5.32 Å². The van der Waals surface area contributed by atoms with E-state index in [1.807, 2.05) is 36.4 Å². The van der Waals surface area contributed by atoms with Gasteiger partial charge in [-0.05, 0) is 36.6 Å². The summed E-state index contributed by atoms with van der Waals surface area (Å²) in [4.78, 5) is 26.8. The Morgan fingerprint density at radius 2 is 1.97 bits per heavy atom. The molecule has 2 bridgehead atoms. The van der Waals surface area contributed by atoms with Gasteiger partial charge in [0, 0.05) is 18.3 Å². The molecular formula is C24H26N2O4. The number of hydrogen-bond acceptors (Lipinski definition) is 5. The van der Waals surface area contributed by atoms with E-state index in [2.05, 4.69) is 10.6 Å². The minimum atomic E-state index is -0.780. The van der Waals surface area contributed by atoms with Crippen molar-refractivity contribution in [2.24, 2.45) is 11.8 Å². The Bertz CT molecular complexity index is 991. The third-order valence-corrected chi connectivity index (χ3v) is 6.83. The highest BCUT2D eigenvalue weighted by Crippen LogP contribution is 2.54. The molecule has 2 aromatic carbocycles. The molecule has 3 aliphatic rings. The molecule has 1 amide bonds. The maximum atomic E-state index is 13.5. The molecule has 1 saturated carbocycles. The molecule has 2 aliphatic heterocycles. The lowest BCUT2D eigenvalue weighted by Crippen LogP contribution is -2.60. The van der Waals surface area contributed by atoms with Crippen LogP contribution in [0.2, 0.25) is 0 Å². The van der Waals surface area contributed by atoms with Gasteiger partial charge in [-0.25, -0.2) is 0 Å². The molecule has 1 aliphatic carbocycles. The molecule has 0 aromatic heterocycles. The Balaban J connectivity index is 1.58. The van der Waals surface area contributed by atoms with Gasteiger partial charge >= 0.3 is 0 Å². The fourth-order valence-electron chi connectivity index (χ4n) is 5.51. The predicted octanol–water partition coefficient (Wildman–Crippen LogP) is 3.48. The number of carbonyl (C=O) groups excluding carboxylic acids is 2. The first-order chi connectivity index (χ1) is 14.6. The SMILES string of the molecule is COc1ccccc1NC(=O)C1C(=O)CNC23CCCCC2C1c1ccccc1O3. The highest BCUT2D eigenvalue weighted by molar-refractivity contribution is 6.09. The summed E-state index contributed by atoms with van der Waals surface area (Å²) in [5, 5.41) is 6.38. The van der Waals surface area contributed by atoms with Crippen LogP contribution in [-0.2, 0) is 9.59 Å². The van der Waals surface area contributed by atoms with Crippen molar-refractivity contribution in [3.05, 3.63) is 54.1 Å². The number of fused-ring (bicyclic) bond motifs is 2. The van der Waals surface area contributed by atoms with Gasteiger partial charge in [0.1, 0.15) is 17.4 Å². The van der Waals surface area contributed by atoms with Crippen molar-refractivity contribution in [3.63, 3.8) is 0 Å². The largest absolute Gasteiger partial charge is 0.495 e. The molecule has 2 aromatic rings. The van der Waals surface area contributed by atoms with Crippen LogP contribution >= 0.6 is 0 Å². The van der Waals surface area contributed by atoms with Crippen LogP contribution < -0.4 is 20.1 Å². The average Bonchev–Trinajstić information content (AvgIpc) is 2.86. The Labute approximate surface area is 176 Å². The molecule has 2 N–H and O–H groups in total. The van der Waals surface area contributed by atoms with E-state index in [1.165, 1.54) is 0 Å². The second-order valence-corrected chi connectivity index (χ2v) is 8.39. The van der Waals surface area contributed by atoms with Crippen LogP contribution in [-0.4, -0.2) is 31.1 Å². The summed E-state index contributed by atoms with van der Waals surface area (Å²) in [6, 6.07) is 15.1. The minimum absolute atomic E-state index is 0.0704. The summed E-state index contributed by atoms with van der Waals surface area (Å²) < 4.78 is 11.9. The van der Waals surface area contributed by atoms with Gasteiger partial charge in [-0.3, -0.25) is 14.9 Å². The predicted molar refractivity (Wildman–Crippen MR) is 113 cm³/mol. The average molecular weight is 406 g/mol. The standard InChI is InChI=1S/C24H26N2O4/c1-29-20-12-5-3-10-17(20)26-23(28)22-18(27)14-25-24-13-7-6-9-16(24)21(22)15-8-2-4-11-19(15)30-24/h2-5,8,10-12,16,21-22,25H,6-7,9,13-14H2,1H3,(H,26,28). The van der Waals surface area contributed by atoms with E-state index in [0.717, 1.165) is 37.0 Å². The molecule has 2 heterocycles. The van der Waals surface area contributed by atoms with E-state index < -0.39 is 11.6 Å². The minimum Gasteiger partial charge on any atom is -0.495 e. The van der Waals surface area contributed by atoms with E-state index in [1.54, 1.807) is 19.2 Å². The normalized spacial score (nSPS) is 29.6. The number of nitrogens with one attached hydrogen (secondary N) is 2. The summed E-state index contributed by atoms with van der Waals surface area (Å²) in [6.45, 7) is 0.130. The van der Waals surface area contributed by atoms with E-state index in [9.17, 15) is 9.59 Å². The molecule has 6 heteroatoms. The van der Waals surface area contributed by atoms with Crippen LogP contribution in [0.15, 0.2) is 48.5 Å². The van der Waals surface area contributed by atoms with E-state index >= 15 is 0 Å². The number of benzene rings is 2. The monoisotopic (exact) mass is 406 g/mol. The number of hydrogen-bond donors (Lipinski definition) is 2. The first kappa shape index (κ1) is 19.1. The lowest BCUT2D eigenvalue weighted by Gasteiger charge is -2.50. The zero-order valence-corrected chi connectivity index (χ0v) is 17.0. The number of anilines is 1. The molecular weight excluding hydrogens is 380 g/mol. The molecule has 6 nitrogen and oxygen atoms in total. The van der Waals surface area contributed by atoms with E-state index in [4.69, 9.17) is 9.47 Å². The number of ketones is 1. The lowest BCUT2D eigenvalue weighted by molar-refractivity contribution is -0.132. The van der Waals surface area contributed by atoms with Gasteiger partial charge in [-0.1, -0.05) is 36.8 Å². The van der Waals surface area contributed by atoms with Crippen molar-refractivity contribution >= 4 is 17.4 Å². The van der Waals surface area contributed by atoms with Crippen LogP contribution in [0.5, 0.6) is 11.5 Å². The molecule has 5 rings (SSSR count). The Kier molecular flexibility index (Phi) is 4.74. The van der Waals surface area contributed by atoms with Gasteiger partial charge in [0.15, 0.2) is 11.5 Å². The van der Waals surface area contributed by atoms with Crippen LogP contribution in [0.25, 0.3) is 0 Å². The number of methoxy groups -OCH3 is 1. The summed E-state index contributed by atoms with van der Waals surface area (Å²) in [6.07, 6.45) is 3.89. The third kappa shape index (κ3) is 2.98. The fourth-order valence-corrected chi connectivity index (χ4v) is 5.51. The lowest BCUT2D eigenvalue weighted by atomic mass is 9.65. The second-order valence-electron chi connectivity index (χ2n) is 8.39. The van der Waals surface area contributed by atoms with Crippen LogP contribution in [0.4, 0.5) is 5.69 Å². The fraction of sp³-hybridized carbons (Fsp3) is 0.417. The summed E-state index contributed by atoms with van der Waals surface area (Å²) in [7, 11) is 1.57. The number of para-hydroxylation sites is 3. The van der Waals surface area contributed by atoms with Gasteiger partial charge < -0.3 is 14.8 Å². The van der Waals surface area contributed by atoms with Crippen molar-refractivity contribution in [1.29, 1.82) is 0 Å². The third-order valence-electron chi connectivity index (χ3n) is 6.83. The molecule has 4 unspecified atom stereocenters. The molecule has 1 saturated heterocycles. The van der Waals surface area contributed by atoms with Gasteiger partial charge in [-0.15, -0.1) is 0 Å². The summed E-state index contributed by atoms with van der Waals surface area (Å²) in [5.74, 6) is 0.0455. The van der Waals surface area contributed by atoms with Gasteiger partial charge in [0.2, 0.25) is 5.91 Å². The molecule has 2 fully saturated rings. The van der Waals surface area contributed by atoms with Crippen molar-refractivity contribution in [3.8, 4) is 11.5 Å². The number of amides is 1. The Morgan fingerprint density at radius 1 is 1.17 bits per heavy atom. The quantitative estimate of drug-likeness (QED) is 0.763. The van der Waals surface area contributed by atoms with Gasteiger partial charge in [-0.2, -0.15) is 0 Å². The molecule has 4 atom stereocenters. The molecule has 30 heavy (non-hydrogen) atoms. The van der Waals surface area contributed by atoms with E-state index in [0.29, 0.717) is 11.4 Å². The van der Waals surface area contributed by atoms with Crippen LogP contribution in [0, 0.1) is 11.8 Å². The zero-order chi connectivity index (χ0) is 20.7. The van der Waals surface area contributed by atoms with Crippen LogP contribution in [0.3, 0.4) is 0 Å². The van der Waals surface area contributed by atoms with Crippen molar-refractivity contribution in [2.75, 3.05) is 19.0 Å². The van der Waals surface area contributed by atoms with Crippen molar-refractivity contribution < 1.29 is 19.1 Å². The number of Topliss-reactive ketones (excluding diaryl/α,β-unsaturated/α-hetero) is 1. The summed E-state index contributed by atoms with van der Waals surface area (Å²) >= 11 is 0. The van der Waals surface area contributed by atoms with Crippen LogP contribution in [0.1, 0.15) is 37.2 Å². The number of rotatable bonds is 3. The Hall–Kier alpha value is -2.86. The zero-order valence-electron chi connectivity index (χ0n) is 17.0. The maximum absolute atomic E-state index is 13.5. The molecule has 0 spiro atoms. The van der Waals surface area contributed by atoms with Crippen molar-refractivity contribution in [2.45, 2.75) is 37.3 Å². The maximum Gasteiger partial charge on any atom is 0.235 e. The first-order valence-electron chi connectivity index (χ1n) is 10.6. The Morgan fingerprint density at radius 3 is 2.83 bits per heavy atom. The van der Waals surface area contributed by atoms with Gasteiger partial charge in [0.25, 0.3) is 0 Å². The highest BCUT2D eigenvalue weighted by atomic mass is 16.5. The first-order valence-corrected chi connectivity index (χ1v) is 10.6. The topological polar surface area (TPSA) is 76.7 Å². The van der Waals surface area contributed by atoms with Gasteiger partial charge in [0.05, 0.1) is 19.3 Å². The molecule has 156 valence electrons. The number of ether oxygens (including phenoxy) is 2. The molecule has 0 radical (unpaired) electrons.